The molecule has 1 aromatic rings. The van der Waals surface area contributed by atoms with E-state index in [2.05, 4.69) is 0 Å². The lowest BCUT2D eigenvalue weighted by Crippen LogP contribution is -2.06. The van der Waals surface area contributed by atoms with Gasteiger partial charge in [0.2, 0.25) is 0 Å². The summed E-state index contributed by atoms with van der Waals surface area (Å²) < 4.78 is 10.2. The maximum absolute atomic E-state index is 11.6. The van der Waals surface area contributed by atoms with Gasteiger partial charge >= 0.3 is 5.97 Å². The molecule has 0 fully saturated rings. The predicted molar refractivity (Wildman–Crippen MR) is 67.1 cm³/mol. The summed E-state index contributed by atoms with van der Waals surface area (Å²) in [5.74, 6) is 0.910. The second-order valence-corrected chi connectivity index (χ2v) is 5.04. The van der Waals surface area contributed by atoms with E-state index in [1.807, 2.05) is 6.92 Å². The van der Waals surface area contributed by atoms with Crippen molar-refractivity contribution in [2.24, 2.45) is 0 Å². The third-order valence-electron chi connectivity index (χ3n) is 2.28. The molecule has 1 atom stereocenters. The van der Waals surface area contributed by atoms with Crippen molar-refractivity contribution in [3.05, 3.63) is 23.7 Å². The Hall–Kier alpha value is -0.940. The van der Waals surface area contributed by atoms with E-state index >= 15 is 0 Å². The van der Waals surface area contributed by atoms with E-state index in [1.54, 1.807) is 24.8 Å². The van der Waals surface area contributed by atoms with Crippen LogP contribution in [0.2, 0.25) is 0 Å². The summed E-state index contributed by atoms with van der Waals surface area (Å²) in [5, 5.41) is 9.13. The normalized spacial score (nSPS) is 12.4. The van der Waals surface area contributed by atoms with Crippen molar-refractivity contribution in [2.45, 2.75) is 31.3 Å². The average molecular weight is 258 g/mol. The lowest BCUT2D eigenvalue weighted by Gasteiger charge is -2.08. The SMILES string of the molecule is CCOC(=O)c1ccoc1CSC(C)CCO. The first kappa shape index (κ1) is 14.1. The molecule has 0 amide bonds. The van der Waals surface area contributed by atoms with Crippen LogP contribution in [0.25, 0.3) is 0 Å². The van der Waals surface area contributed by atoms with E-state index in [0.29, 0.717) is 28.9 Å². The lowest BCUT2D eigenvalue weighted by molar-refractivity contribution is 0.0524. The van der Waals surface area contributed by atoms with E-state index in [9.17, 15) is 4.79 Å². The average Bonchev–Trinajstić information content (AvgIpc) is 2.75. The number of hydrogen-bond donors (Lipinski definition) is 1. The van der Waals surface area contributed by atoms with Crippen LogP contribution in [-0.4, -0.2) is 29.5 Å². The quantitative estimate of drug-likeness (QED) is 0.761. The van der Waals surface area contributed by atoms with Crippen LogP contribution in [0, 0.1) is 0 Å². The van der Waals surface area contributed by atoms with Gasteiger partial charge in [-0.1, -0.05) is 6.92 Å². The Bertz CT molecular complexity index is 348. The smallest absolute Gasteiger partial charge is 0.341 e. The Kier molecular flexibility index (Phi) is 6.15. The molecule has 4 nitrogen and oxygen atoms in total. The highest BCUT2D eigenvalue weighted by molar-refractivity contribution is 7.99. The Morgan fingerprint density at radius 1 is 1.65 bits per heavy atom. The monoisotopic (exact) mass is 258 g/mol. The van der Waals surface area contributed by atoms with Gasteiger partial charge in [0.25, 0.3) is 0 Å². The number of furan rings is 1. The fourth-order valence-electron chi connectivity index (χ4n) is 1.33. The summed E-state index contributed by atoms with van der Waals surface area (Å²) in [5.41, 5.74) is 0.496. The van der Waals surface area contributed by atoms with Gasteiger partial charge in [-0.15, -0.1) is 0 Å². The number of aliphatic hydroxyl groups excluding tert-OH is 1. The first-order valence-electron chi connectivity index (χ1n) is 5.65. The van der Waals surface area contributed by atoms with Gasteiger partial charge in [-0.3, -0.25) is 0 Å². The lowest BCUT2D eigenvalue weighted by atomic mass is 10.3. The molecule has 0 aliphatic rings. The number of hydrogen-bond acceptors (Lipinski definition) is 5. The summed E-state index contributed by atoms with van der Waals surface area (Å²) in [6.07, 6.45) is 2.24. The van der Waals surface area contributed by atoms with Crippen molar-refractivity contribution in [2.75, 3.05) is 13.2 Å². The van der Waals surface area contributed by atoms with Gasteiger partial charge in [-0.05, 0) is 19.4 Å². The van der Waals surface area contributed by atoms with E-state index in [-0.39, 0.29) is 12.6 Å². The molecule has 5 heteroatoms. The third-order valence-corrected chi connectivity index (χ3v) is 3.51. The van der Waals surface area contributed by atoms with Crippen molar-refractivity contribution >= 4 is 17.7 Å². The van der Waals surface area contributed by atoms with Gasteiger partial charge in [-0.2, -0.15) is 11.8 Å². The first-order chi connectivity index (χ1) is 8.19. The zero-order valence-electron chi connectivity index (χ0n) is 10.1. The molecule has 0 spiro atoms. The molecule has 1 unspecified atom stereocenters. The van der Waals surface area contributed by atoms with Crippen LogP contribution in [0.1, 0.15) is 36.4 Å². The van der Waals surface area contributed by atoms with Crippen LogP contribution < -0.4 is 0 Å². The Balaban J connectivity index is 2.54. The molecule has 96 valence electrons. The van der Waals surface area contributed by atoms with Gasteiger partial charge in [0.05, 0.1) is 18.6 Å². The topological polar surface area (TPSA) is 59.7 Å². The van der Waals surface area contributed by atoms with Crippen molar-refractivity contribution in [3.63, 3.8) is 0 Å². The van der Waals surface area contributed by atoms with E-state index in [4.69, 9.17) is 14.3 Å². The molecular formula is C12H18O4S. The Labute approximate surface area is 105 Å². The fraction of sp³-hybridized carbons (Fsp3) is 0.583. The molecule has 0 aliphatic carbocycles. The van der Waals surface area contributed by atoms with Crippen LogP contribution in [0.3, 0.4) is 0 Å². The van der Waals surface area contributed by atoms with Gasteiger partial charge < -0.3 is 14.3 Å². The van der Waals surface area contributed by atoms with Crippen LogP contribution in [0.4, 0.5) is 0 Å². The highest BCUT2D eigenvalue weighted by Crippen LogP contribution is 2.23. The Morgan fingerprint density at radius 2 is 2.41 bits per heavy atom. The summed E-state index contributed by atoms with van der Waals surface area (Å²) in [7, 11) is 0. The molecular weight excluding hydrogens is 240 g/mol. The molecule has 0 radical (unpaired) electrons. The minimum absolute atomic E-state index is 0.178. The number of carbonyl (C=O) groups is 1. The summed E-state index contributed by atoms with van der Waals surface area (Å²) in [6.45, 7) is 4.35. The van der Waals surface area contributed by atoms with Crippen molar-refractivity contribution in [3.8, 4) is 0 Å². The van der Waals surface area contributed by atoms with Gasteiger partial charge in [0.15, 0.2) is 0 Å². The molecule has 0 saturated carbocycles. The van der Waals surface area contributed by atoms with E-state index < -0.39 is 0 Å². The highest BCUT2D eigenvalue weighted by atomic mass is 32.2. The minimum atomic E-state index is -0.341. The summed E-state index contributed by atoms with van der Waals surface area (Å²) in [6, 6.07) is 1.63. The summed E-state index contributed by atoms with van der Waals surface area (Å²) in [4.78, 5) is 11.6. The van der Waals surface area contributed by atoms with Crippen LogP contribution in [0.5, 0.6) is 0 Å². The molecule has 1 heterocycles. The van der Waals surface area contributed by atoms with Crippen LogP contribution in [0.15, 0.2) is 16.7 Å². The highest BCUT2D eigenvalue weighted by Gasteiger charge is 2.16. The molecule has 1 aromatic heterocycles. The van der Waals surface area contributed by atoms with Crippen molar-refractivity contribution in [1.82, 2.24) is 0 Å². The molecule has 0 bridgehead atoms. The second kappa shape index (κ2) is 7.40. The first-order valence-corrected chi connectivity index (χ1v) is 6.69. The molecule has 0 aliphatic heterocycles. The number of aliphatic hydroxyl groups is 1. The van der Waals surface area contributed by atoms with Crippen molar-refractivity contribution in [1.29, 1.82) is 0 Å². The standard InChI is InChI=1S/C12H18O4S/c1-3-15-12(14)10-5-7-16-11(10)8-17-9(2)4-6-13/h5,7,9,13H,3-4,6,8H2,1-2H3. The van der Waals surface area contributed by atoms with E-state index in [1.165, 1.54) is 6.26 Å². The summed E-state index contributed by atoms with van der Waals surface area (Å²) >= 11 is 1.65. The maximum atomic E-state index is 11.6. The number of thioether (sulfide) groups is 1. The van der Waals surface area contributed by atoms with Gasteiger partial charge in [0.1, 0.15) is 11.3 Å². The minimum Gasteiger partial charge on any atom is -0.468 e. The van der Waals surface area contributed by atoms with Crippen LogP contribution >= 0.6 is 11.8 Å². The van der Waals surface area contributed by atoms with Crippen molar-refractivity contribution < 1.29 is 19.1 Å². The number of esters is 1. The van der Waals surface area contributed by atoms with Gasteiger partial charge in [-0.25, -0.2) is 4.79 Å². The molecule has 0 saturated heterocycles. The molecule has 1 rings (SSSR count). The second-order valence-electron chi connectivity index (χ2n) is 3.61. The zero-order valence-corrected chi connectivity index (χ0v) is 11.0. The number of carbonyl (C=O) groups excluding carboxylic acids is 1. The number of rotatable bonds is 7. The van der Waals surface area contributed by atoms with Crippen LogP contribution in [-0.2, 0) is 10.5 Å². The largest absolute Gasteiger partial charge is 0.468 e. The molecule has 0 aromatic carbocycles. The predicted octanol–water partition coefficient (Wildman–Crippen LogP) is 2.46. The maximum Gasteiger partial charge on any atom is 0.341 e. The number of ether oxygens (including phenoxy) is 1. The molecule has 1 N–H and O–H groups in total. The third kappa shape index (κ3) is 4.44. The molecule has 17 heavy (non-hydrogen) atoms. The Morgan fingerprint density at radius 3 is 3.06 bits per heavy atom. The van der Waals surface area contributed by atoms with Gasteiger partial charge in [0, 0.05) is 11.9 Å². The fourth-order valence-corrected chi connectivity index (χ4v) is 2.26. The zero-order chi connectivity index (χ0) is 12.7. The van der Waals surface area contributed by atoms with E-state index in [0.717, 1.165) is 6.42 Å².